The van der Waals surface area contributed by atoms with Crippen LogP contribution < -0.4 is 5.32 Å². The number of nitrogens with one attached hydrogen (secondary N) is 1. The minimum absolute atomic E-state index is 0.240. The summed E-state index contributed by atoms with van der Waals surface area (Å²) in [4.78, 5) is 2.22. The quantitative estimate of drug-likeness (QED) is 0.854. The molecule has 1 aromatic carbocycles. The SMILES string of the molecule is CC(NCC(C)(C)CN(C)C)c1ccc(C#N)cc1. The van der Waals surface area contributed by atoms with E-state index in [1.807, 2.05) is 24.3 Å². The highest BCUT2D eigenvalue weighted by atomic mass is 15.1. The summed E-state index contributed by atoms with van der Waals surface area (Å²) in [6, 6.07) is 10.2. The number of hydrogen-bond donors (Lipinski definition) is 1. The Morgan fingerprint density at radius 2 is 1.84 bits per heavy atom. The second-order valence-electron chi connectivity index (χ2n) is 6.24. The van der Waals surface area contributed by atoms with Crippen molar-refractivity contribution in [1.82, 2.24) is 10.2 Å². The summed E-state index contributed by atoms with van der Waals surface area (Å²) in [6.45, 7) is 8.72. The van der Waals surface area contributed by atoms with E-state index in [1.165, 1.54) is 5.56 Å². The molecule has 0 bridgehead atoms. The van der Waals surface area contributed by atoms with Crippen LogP contribution in [0.5, 0.6) is 0 Å². The van der Waals surface area contributed by atoms with E-state index in [-0.39, 0.29) is 5.41 Å². The minimum Gasteiger partial charge on any atom is -0.310 e. The van der Waals surface area contributed by atoms with Crippen molar-refractivity contribution >= 4 is 0 Å². The van der Waals surface area contributed by atoms with Gasteiger partial charge in [-0.1, -0.05) is 26.0 Å². The fourth-order valence-electron chi connectivity index (χ4n) is 2.31. The Labute approximate surface area is 117 Å². The van der Waals surface area contributed by atoms with Crippen molar-refractivity contribution in [3.05, 3.63) is 35.4 Å². The first kappa shape index (κ1) is 15.7. The molecule has 0 aliphatic carbocycles. The summed E-state index contributed by atoms with van der Waals surface area (Å²) in [5.41, 5.74) is 2.17. The summed E-state index contributed by atoms with van der Waals surface area (Å²) < 4.78 is 0. The second-order valence-corrected chi connectivity index (χ2v) is 6.24. The van der Waals surface area contributed by atoms with Gasteiger partial charge in [-0.2, -0.15) is 5.26 Å². The summed E-state index contributed by atoms with van der Waals surface area (Å²) in [7, 11) is 4.21. The van der Waals surface area contributed by atoms with Crippen LogP contribution in [0.4, 0.5) is 0 Å². The van der Waals surface area contributed by atoms with E-state index in [4.69, 9.17) is 5.26 Å². The summed E-state index contributed by atoms with van der Waals surface area (Å²) in [6.07, 6.45) is 0. The molecule has 3 nitrogen and oxygen atoms in total. The van der Waals surface area contributed by atoms with Crippen molar-refractivity contribution in [2.75, 3.05) is 27.2 Å². The van der Waals surface area contributed by atoms with E-state index in [1.54, 1.807) is 0 Å². The van der Waals surface area contributed by atoms with Gasteiger partial charge in [0.1, 0.15) is 0 Å². The number of nitrogens with zero attached hydrogens (tertiary/aromatic N) is 2. The molecule has 1 rings (SSSR count). The van der Waals surface area contributed by atoms with Crippen LogP contribution in [0, 0.1) is 16.7 Å². The zero-order valence-corrected chi connectivity index (χ0v) is 12.7. The number of rotatable bonds is 6. The van der Waals surface area contributed by atoms with Gasteiger partial charge in [-0.25, -0.2) is 0 Å². The molecule has 0 aliphatic heterocycles. The predicted octanol–water partition coefficient (Wildman–Crippen LogP) is 2.80. The van der Waals surface area contributed by atoms with Crippen LogP contribution in [0.15, 0.2) is 24.3 Å². The van der Waals surface area contributed by atoms with Crippen LogP contribution in [-0.4, -0.2) is 32.1 Å². The summed E-state index contributed by atoms with van der Waals surface area (Å²) >= 11 is 0. The first-order valence-corrected chi connectivity index (χ1v) is 6.72. The average molecular weight is 259 g/mol. The molecule has 3 heteroatoms. The highest BCUT2D eigenvalue weighted by Gasteiger charge is 2.19. The molecule has 1 N–H and O–H groups in total. The highest BCUT2D eigenvalue weighted by Crippen LogP contribution is 2.18. The van der Waals surface area contributed by atoms with Crippen molar-refractivity contribution in [2.45, 2.75) is 26.8 Å². The molecule has 0 amide bonds. The molecule has 0 saturated heterocycles. The van der Waals surface area contributed by atoms with E-state index in [2.05, 4.69) is 51.2 Å². The Balaban J connectivity index is 2.55. The van der Waals surface area contributed by atoms with E-state index in [0.717, 1.165) is 13.1 Å². The predicted molar refractivity (Wildman–Crippen MR) is 79.9 cm³/mol. The summed E-state index contributed by atoms with van der Waals surface area (Å²) in [5.74, 6) is 0. The van der Waals surface area contributed by atoms with Gasteiger partial charge in [-0.15, -0.1) is 0 Å². The van der Waals surface area contributed by atoms with Gasteiger partial charge < -0.3 is 10.2 Å². The Bertz CT molecular complexity index is 426. The lowest BCUT2D eigenvalue weighted by atomic mass is 9.92. The normalized spacial score (nSPS) is 13.3. The molecule has 1 unspecified atom stereocenters. The van der Waals surface area contributed by atoms with Crippen molar-refractivity contribution in [3.8, 4) is 6.07 Å². The smallest absolute Gasteiger partial charge is 0.0991 e. The maximum absolute atomic E-state index is 8.79. The van der Waals surface area contributed by atoms with Gasteiger partial charge in [0.15, 0.2) is 0 Å². The average Bonchev–Trinajstić information content (AvgIpc) is 2.34. The van der Waals surface area contributed by atoms with E-state index < -0.39 is 0 Å². The van der Waals surface area contributed by atoms with Gasteiger partial charge >= 0.3 is 0 Å². The number of nitriles is 1. The molecule has 0 spiro atoms. The summed E-state index contributed by atoms with van der Waals surface area (Å²) in [5, 5.41) is 12.4. The zero-order chi connectivity index (χ0) is 14.5. The lowest BCUT2D eigenvalue weighted by Gasteiger charge is -2.30. The van der Waals surface area contributed by atoms with Crippen LogP contribution in [0.25, 0.3) is 0 Å². The van der Waals surface area contributed by atoms with Crippen molar-refractivity contribution < 1.29 is 0 Å². The molecule has 0 aromatic heterocycles. The molecule has 0 heterocycles. The van der Waals surface area contributed by atoms with Crippen molar-refractivity contribution in [3.63, 3.8) is 0 Å². The zero-order valence-electron chi connectivity index (χ0n) is 12.7. The van der Waals surface area contributed by atoms with Gasteiger partial charge in [0, 0.05) is 19.1 Å². The molecule has 104 valence electrons. The van der Waals surface area contributed by atoms with E-state index in [0.29, 0.717) is 11.6 Å². The third-order valence-corrected chi connectivity index (χ3v) is 3.17. The van der Waals surface area contributed by atoms with Crippen LogP contribution in [0.3, 0.4) is 0 Å². The van der Waals surface area contributed by atoms with Gasteiger partial charge in [-0.05, 0) is 44.1 Å². The molecule has 0 radical (unpaired) electrons. The third kappa shape index (κ3) is 5.42. The Hall–Kier alpha value is -1.37. The molecule has 0 aliphatic rings. The first-order valence-electron chi connectivity index (χ1n) is 6.72. The van der Waals surface area contributed by atoms with E-state index >= 15 is 0 Å². The van der Waals surface area contributed by atoms with Crippen molar-refractivity contribution in [1.29, 1.82) is 5.26 Å². The Kier molecular flexibility index (Phi) is 5.53. The molecule has 1 atom stereocenters. The monoisotopic (exact) mass is 259 g/mol. The highest BCUT2D eigenvalue weighted by molar-refractivity contribution is 5.32. The fraction of sp³-hybridized carbons (Fsp3) is 0.562. The molecule has 1 aromatic rings. The second kappa shape index (κ2) is 6.70. The Morgan fingerprint density at radius 1 is 1.26 bits per heavy atom. The van der Waals surface area contributed by atoms with Gasteiger partial charge in [0.25, 0.3) is 0 Å². The van der Waals surface area contributed by atoms with Gasteiger partial charge in [0.05, 0.1) is 11.6 Å². The largest absolute Gasteiger partial charge is 0.310 e. The molecule has 19 heavy (non-hydrogen) atoms. The van der Waals surface area contributed by atoms with Crippen molar-refractivity contribution in [2.24, 2.45) is 5.41 Å². The standard InChI is InChI=1S/C16H25N3/c1-13(15-8-6-14(10-17)7-9-15)18-11-16(2,3)12-19(4)5/h6-9,13,18H,11-12H2,1-5H3. The minimum atomic E-state index is 0.240. The fourth-order valence-corrected chi connectivity index (χ4v) is 2.31. The molecular formula is C16H25N3. The topological polar surface area (TPSA) is 39.1 Å². The lowest BCUT2D eigenvalue weighted by Crippen LogP contribution is -2.38. The first-order chi connectivity index (χ1) is 8.84. The van der Waals surface area contributed by atoms with Gasteiger partial charge in [0.2, 0.25) is 0 Å². The van der Waals surface area contributed by atoms with Gasteiger partial charge in [-0.3, -0.25) is 0 Å². The maximum Gasteiger partial charge on any atom is 0.0991 e. The van der Waals surface area contributed by atoms with Crippen LogP contribution in [-0.2, 0) is 0 Å². The molecular weight excluding hydrogens is 234 g/mol. The third-order valence-electron chi connectivity index (χ3n) is 3.17. The number of hydrogen-bond acceptors (Lipinski definition) is 3. The maximum atomic E-state index is 8.79. The molecule has 0 fully saturated rings. The lowest BCUT2D eigenvalue weighted by molar-refractivity contribution is 0.227. The number of benzene rings is 1. The van der Waals surface area contributed by atoms with Crippen LogP contribution in [0.1, 0.15) is 37.9 Å². The van der Waals surface area contributed by atoms with Crippen LogP contribution in [0.2, 0.25) is 0 Å². The Morgan fingerprint density at radius 3 is 2.32 bits per heavy atom. The molecule has 0 saturated carbocycles. The van der Waals surface area contributed by atoms with Crippen LogP contribution >= 0.6 is 0 Å². The van der Waals surface area contributed by atoms with E-state index in [9.17, 15) is 0 Å².